The Bertz CT molecular complexity index is 410. The third-order valence-electron chi connectivity index (χ3n) is 4.77. The smallest absolute Gasteiger partial charge is 0.317 e. The van der Waals surface area contributed by atoms with Gasteiger partial charge in [0.05, 0.1) is 11.0 Å². The number of amides is 2. The first-order chi connectivity index (χ1) is 9.31. The van der Waals surface area contributed by atoms with Crippen molar-refractivity contribution in [3.8, 4) is 0 Å². The van der Waals surface area contributed by atoms with Crippen molar-refractivity contribution in [1.29, 1.82) is 0 Å². The molecular formula is C14H24N2O4. The van der Waals surface area contributed by atoms with Crippen molar-refractivity contribution in [3.05, 3.63) is 0 Å². The van der Waals surface area contributed by atoms with Crippen LogP contribution >= 0.6 is 0 Å². The standard InChI is InChI=1S/C14H24N2O4/c1-13(11(17)18)6-7-16(9-13)12(19)15-8-14(2,20-3)10-4-5-10/h10H,4-9H2,1-3H3,(H,15,19)(H,17,18). The molecule has 0 spiro atoms. The highest BCUT2D eigenvalue weighted by atomic mass is 16.5. The highest BCUT2D eigenvalue weighted by Gasteiger charge is 2.44. The van der Waals surface area contributed by atoms with Gasteiger partial charge in [0, 0.05) is 26.7 Å². The number of nitrogens with zero attached hydrogens (tertiary/aromatic N) is 1. The van der Waals surface area contributed by atoms with Gasteiger partial charge in [0.25, 0.3) is 0 Å². The molecule has 2 unspecified atom stereocenters. The van der Waals surface area contributed by atoms with Crippen LogP contribution in [0.3, 0.4) is 0 Å². The van der Waals surface area contributed by atoms with Crippen molar-refractivity contribution in [1.82, 2.24) is 10.2 Å². The van der Waals surface area contributed by atoms with Crippen LogP contribution in [0.1, 0.15) is 33.1 Å². The van der Waals surface area contributed by atoms with Gasteiger partial charge in [-0.05, 0) is 39.0 Å². The molecule has 2 rings (SSSR count). The summed E-state index contributed by atoms with van der Waals surface area (Å²) in [6, 6.07) is -0.195. The van der Waals surface area contributed by atoms with E-state index >= 15 is 0 Å². The number of carbonyl (C=O) groups is 2. The van der Waals surface area contributed by atoms with Crippen LogP contribution in [-0.4, -0.2) is 54.4 Å². The molecular weight excluding hydrogens is 260 g/mol. The predicted molar refractivity (Wildman–Crippen MR) is 73.5 cm³/mol. The summed E-state index contributed by atoms with van der Waals surface area (Å²) in [5.74, 6) is -0.330. The Morgan fingerprint density at radius 3 is 2.60 bits per heavy atom. The third-order valence-corrected chi connectivity index (χ3v) is 4.77. The van der Waals surface area contributed by atoms with Crippen LogP contribution in [0.2, 0.25) is 0 Å². The van der Waals surface area contributed by atoms with E-state index in [-0.39, 0.29) is 18.2 Å². The number of rotatable bonds is 5. The Morgan fingerprint density at radius 1 is 1.50 bits per heavy atom. The van der Waals surface area contributed by atoms with Crippen LogP contribution in [0.4, 0.5) is 4.79 Å². The molecule has 0 aromatic rings. The minimum atomic E-state index is -0.840. The van der Waals surface area contributed by atoms with Crippen LogP contribution < -0.4 is 5.32 Å². The number of nitrogens with one attached hydrogen (secondary N) is 1. The number of likely N-dealkylation sites (tertiary alicyclic amines) is 1. The summed E-state index contributed by atoms with van der Waals surface area (Å²) in [6.45, 7) is 4.92. The van der Waals surface area contributed by atoms with Crippen LogP contribution in [-0.2, 0) is 9.53 Å². The number of aliphatic carboxylic acids is 1. The van der Waals surface area contributed by atoms with E-state index in [4.69, 9.17) is 4.74 Å². The number of carbonyl (C=O) groups excluding carboxylic acids is 1. The molecule has 2 aliphatic rings. The number of ether oxygens (including phenoxy) is 1. The van der Waals surface area contributed by atoms with E-state index in [1.807, 2.05) is 6.92 Å². The average Bonchev–Trinajstić information content (AvgIpc) is 3.19. The first-order valence-corrected chi connectivity index (χ1v) is 7.12. The topological polar surface area (TPSA) is 78.9 Å². The zero-order valence-electron chi connectivity index (χ0n) is 12.4. The molecule has 20 heavy (non-hydrogen) atoms. The fourth-order valence-electron chi connectivity index (χ4n) is 2.75. The minimum absolute atomic E-state index is 0.195. The molecule has 2 amide bonds. The lowest BCUT2D eigenvalue weighted by Gasteiger charge is -2.29. The van der Waals surface area contributed by atoms with E-state index in [1.165, 1.54) is 0 Å². The fraction of sp³-hybridized carbons (Fsp3) is 0.857. The van der Waals surface area contributed by atoms with Gasteiger partial charge in [-0.1, -0.05) is 0 Å². The zero-order valence-corrected chi connectivity index (χ0v) is 12.4. The summed E-state index contributed by atoms with van der Waals surface area (Å²) in [4.78, 5) is 24.9. The summed E-state index contributed by atoms with van der Waals surface area (Å²) in [5.41, 5.74) is -1.14. The Kier molecular flexibility index (Phi) is 3.95. The van der Waals surface area contributed by atoms with Crippen LogP contribution in [0.25, 0.3) is 0 Å². The fourth-order valence-corrected chi connectivity index (χ4v) is 2.75. The van der Waals surface area contributed by atoms with Crippen molar-refractivity contribution in [3.63, 3.8) is 0 Å². The Balaban J connectivity index is 1.85. The molecule has 1 heterocycles. The van der Waals surface area contributed by atoms with Crippen molar-refractivity contribution >= 4 is 12.0 Å². The molecule has 2 atom stereocenters. The van der Waals surface area contributed by atoms with Gasteiger partial charge in [0.1, 0.15) is 0 Å². The van der Waals surface area contributed by atoms with E-state index in [0.717, 1.165) is 12.8 Å². The van der Waals surface area contributed by atoms with E-state index in [9.17, 15) is 14.7 Å². The molecule has 1 aliphatic heterocycles. The molecule has 2 fully saturated rings. The lowest BCUT2D eigenvalue weighted by molar-refractivity contribution is -0.147. The molecule has 1 saturated carbocycles. The highest BCUT2D eigenvalue weighted by molar-refractivity contribution is 5.79. The van der Waals surface area contributed by atoms with Gasteiger partial charge in [-0.25, -0.2) is 4.79 Å². The SMILES string of the molecule is COC(C)(CNC(=O)N1CCC(C)(C(=O)O)C1)C1CC1. The van der Waals surface area contributed by atoms with E-state index in [2.05, 4.69) is 5.32 Å². The molecule has 1 aliphatic carbocycles. The molecule has 114 valence electrons. The van der Waals surface area contributed by atoms with Crippen molar-refractivity contribution < 1.29 is 19.4 Å². The quantitative estimate of drug-likeness (QED) is 0.798. The number of carboxylic acid groups (broad SMARTS) is 1. The van der Waals surface area contributed by atoms with Crippen LogP contribution in [0, 0.1) is 11.3 Å². The Morgan fingerprint density at radius 2 is 2.15 bits per heavy atom. The molecule has 2 N–H and O–H groups in total. The third kappa shape index (κ3) is 2.90. The van der Waals surface area contributed by atoms with E-state index < -0.39 is 11.4 Å². The zero-order chi connectivity index (χ0) is 15.0. The van der Waals surface area contributed by atoms with Gasteiger partial charge < -0.3 is 20.1 Å². The number of methoxy groups -OCH3 is 1. The first kappa shape index (κ1) is 15.1. The number of carboxylic acids is 1. The maximum absolute atomic E-state index is 12.1. The van der Waals surface area contributed by atoms with Crippen molar-refractivity contribution in [2.45, 2.75) is 38.7 Å². The number of hydrogen-bond acceptors (Lipinski definition) is 3. The van der Waals surface area contributed by atoms with Gasteiger partial charge in [0.15, 0.2) is 0 Å². The van der Waals surface area contributed by atoms with Crippen molar-refractivity contribution in [2.24, 2.45) is 11.3 Å². The van der Waals surface area contributed by atoms with Gasteiger partial charge in [-0.15, -0.1) is 0 Å². The number of urea groups is 1. The molecule has 0 bridgehead atoms. The van der Waals surface area contributed by atoms with E-state index in [1.54, 1.807) is 18.9 Å². The molecule has 0 radical (unpaired) electrons. The molecule has 1 saturated heterocycles. The van der Waals surface area contributed by atoms with Gasteiger partial charge in [-0.2, -0.15) is 0 Å². The first-order valence-electron chi connectivity index (χ1n) is 7.12. The highest BCUT2D eigenvalue weighted by Crippen LogP contribution is 2.41. The second kappa shape index (κ2) is 5.24. The normalized spacial score (nSPS) is 29.1. The number of hydrogen-bond donors (Lipinski definition) is 2. The summed E-state index contributed by atoms with van der Waals surface area (Å²) >= 11 is 0. The van der Waals surface area contributed by atoms with Crippen molar-refractivity contribution in [2.75, 3.05) is 26.7 Å². The summed E-state index contributed by atoms with van der Waals surface area (Å²) in [6.07, 6.45) is 2.78. The van der Waals surface area contributed by atoms with Gasteiger partial charge in [-0.3, -0.25) is 4.79 Å². The second-order valence-corrected chi connectivity index (χ2v) is 6.49. The monoisotopic (exact) mass is 284 g/mol. The maximum atomic E-state index is 12.1. The lowest BCUT2D eigenvalue weighted by Crippen LogP contribution is -2.48. The second-order valence-electron chi connectivity index (χ2n) is 6.49. The summed E-state index contributed by atoms with van der Waals surface area (Å²) in [7, 11) is 1.67. The average molecular weight is 284 g/mol. The van der Waals surface area contributed by atoms with Gasteiger partial charge in [0.2, 0.25) is 0 Å². The lowest BCUT2D eigenvalue weighted by atomic mass is 9.90. The Hall–Kier alpha value is -1.30. The predicted octanol–water partition coefficient (Wildman–Crippen LogP) is 1.31. The molecule has 0 aromatic carbocycles. The summed E-state index contributed by atoms with van der Waals surface area (Å²) < 4.78 is 5.53. The summed E-state index contributed by atoms with van der Waals surface area (Å²) in [5, 5.41) is 12.1. The van der Waals surface area contributed by atoms with Crippen LogP contribution in [0.5, 0.6) is 0 Å². The van der Waals surface area contributed by atoms with Crippen LogP contribution in [0.15, 0.2) is 0 Å². The molecule has 0 aromatic heterocycles. The van der Waals surface area contributed by atoms with E-state index in [0.29, 0.717) is 25.4 Å². The minimum Gasteiger partial charge on any atom is -0.481 e. The molecule has 6 nitrogen and oxygen atoms in total. The molecule has 6 heteroatoms. The maximum Gasteiger partial charge on any atom is 0.317 e. The Labute approximate surface area is 119 Å². The van der Waals surface area contributed by atoms with Gasteiger partial charge >= 0.3 is 12.0 Å². The largest absolute Gasteiger partial charge is 0.481 e.